The zero-order valence-corrected chi connectivity index (χ0v) is 13.3. The molecule has 0 aliphatic carbocycles. The van der Waals surface area contributed by atoms with Gasteiger partial charge in [0.25, 0.3) is 0 Å². The molecule has 0 saturated heterocycles. The fraction of sp³-hybridized carbons (Fsp3) is 0.143. The van der Waals surface area contributed by atoms with Gasteiger partial charge in [-0.3, -0.25) is 9.11 Å². The number of nitrogens with zero attached hydrogens (tertiary/aromatic N) is 4. The Balaban J connectivity index is 0.000000594. The first-order valence-electron chi connectivity index (χ1n) is 6.19. The second kappa shape index (κ2) is 10.1. The van der Waals surface area contributed by atoms with Crippen molar-refractivity contribution in [2.75, 3.05) is 0 Å². The van der Waals surface area contributed by atoms with Crippen LogP contribution in [0.5, 0.6) is 0 Å². The molecule has 23 heavy (non-hydrogen) atoms. The summed E-state index contributed by atoms with van der Waals surface area (Å²) in [7, 11) is -4.67. The Morgan fingerprint density at radius 3 is 2.00 bits per heavy atom. The molecule has 0 bridgehead atoms. The minimum absolute atomic E-state index is 0.892. The zero-order valence-electron chi connectivity index (χ0n) is 12.5. The summed E-state index contributed by atoms with van der Waals surface area (Å²) in [5.41, 5.74) is 4.15. The summed E-state index contributed by atoms with van der Waals surface area (Å²) in [6.07, 6.45) is 0. The largest absolute Gasteiger partial charge is 0.394 e. The van der Waals surface area contributed by atoms with Gasteiger partial charge in [-0.2, -0.15) is 18.6 Å². The van der Waals surface area contributed by atoms with Crippen LogP contribution in [0.3, 0.4) is 0 Å². The van der Waals surface area contributed by atoms with E-state index in [2.05, 4.69) is 10.2 Å². The van der Waals surface area contributed by atoms with Crippen molar-refractivity contribution in [3.63, 3.8) is 0 Å². The van der Waals surface area contributed by atoms with Crippen LogP contribution >= 0.6 is 0 Å². The highest BCUT2D eigenvalue weighted by atomic mass is 32.3. The SMILES string of the molecule is Cc1cccc(N=Nc2ccccc2C)c1.N#N.O=S(=O)(O)O. The molecule has 2 aromatic carbocycles. The molecular formula is C14H16N4O4S. The highest BCUT2D eigenvalue weighted by Crippen LogP contribution is 2.21. The van der Waals surface area contributed by atoms with Gasteiger partial charge in [0.1, 0.15) is 0 Å². The number of rotatable bonds is 2. The van der Waals surface area contributed by atoms with Crippen LogP contribution in [-0.2, 0) is 10.4 Å². The molecule has 2 N–H and O–H groups in total. The summed E-state index contributed by atoms with van der Waals surface area (Å²) < 4.78 is 31.6. The van der Waals surface area contributed by atoms with Crippen molar-refractivity contribution < 1.29 is 17.5 Å². The predicted octanol–water partition coefficient (Wildman–Crippen LogP) is 4.10. The summed E-state index contributed by atoms with van der Waals surface area (Å²) in [5, 5.41) is 20.5. The highest BCUT2D eigenvalue weighted by molar-refractivity contribution is 7.79. The van der Waals surface area contributed by atoms with Gasteiger partial charge in [0, 0.05) is 10.8 Å². The van der Waals surface area contributed by atoms with E-state index in [0.29, 0.717) is 0 Å². The molecule has 0 radical (unpaired) electrons. The van der Waals surface area contributed by atoms with Crippen molar-refractivity contribution in [2.45, 2.75) is 13.8 Å². The first-order chi connectivity index (χ1) is 10.8. The van der Waals surface area contributed by atoms with Crippen molar-refractivity contribution in [1.29, 1.82) is 10.8 Å². The first-order valence-corrected chi connectivity index (χ1v) is 7.59. The molecule has 2 rings (SSSR count). The molecular weight excluding hydrogens is 320 g/mol. The molecule has 0 unspecified atom stereocenters. The smallest absolute Gasteiger partial charge is 0.264 e. The van der Waals surface area contributed by atoms with Crippen molar-refractivity contribution in [3.05, 3.63) is 59.7 Å². The number of hydrogen-bond donors (Lipinski definition) is 2. The molecule has 0 aromatic heterocycles. The van der Waals surface area contributed by atoms with Crippen molar-refractivity contribution in [1.82, 2.24) is 0 Å². The molecule has 0 amide bonds. The van der Waals surface area contributed by atoms with Gasteiger partial charge in [-0.25, -0.2) is 0 Å². The highest BCUT2D eigenvalue weighted by Gasteiger charge is 1.94. The van der Waals surface area contributed by atoms with Gasteiger partial charge in [0.05, 0.1) is 11.4 Å². The van der Waals surface area contributed by atoms with Gasteiger partial charge in [0.15, 0.2) is 0 Å². The Bertz CT molecular complexity index is 765. The molecule has 0 aliphatic heterocycles. The van der Waals surface area contributed by atoms with E-state index in [0.717, 1.165) is 16.9 Å². The summed E-state index contributed by atoms with van der Waals surface area (Å²) in [5.74, 6) is 0. The number of aryl methyl sites for hydroxylation is 2. The quantitative estimate of drug-likeness (QED) is 0.479. The summed E-state index contributed by atoms with van der Waals surface area (Å²) >= 11 is 0. The topological polar surface area (TPSA) is 147 Å². The van der Waals surface area contributed by atoms with Crippen molar-refractivity contribution in [2.24, 2.45) is 10.2 Å². The second-order valence-corrected chi connectivity index (χ2v) is 5.17. The van der Waals surface area contributed by atoms with Crippen LogP contribution in [0, 0.1) is 24.6 Å². The Morgan fingerprint density at radius 2 is 1.48 bits per heavy atom. The van der Waals surface area contributed by atoms with Gasteiger partial charge < -0.3 is 0 Å². The van der Waals surface area contributed by atoms with E-state index in [1.807, 2.05) is 62.4 Å². The Hall–Kier alpha value is -2.67. The fourth-order valence-corrected chi connectivity index (χ4v) is 1.48. The van der Waals surface area contributed by atoms with E-state index in [-0.39, 0.29) is 0 Å². The van der Waals surface area contributed by atoms with Crippen molar-refractivity contribution in [3.8, 4) is 0 Å². The standard InChI is InChI=1S/C14H14N2.N2.H2O4S/c1-11-6-5-8-13(10-11)15-16-14-9-4-3-7-12(14)2;1-2;1-5(2,3)4/h3-10H,1-2H3;;(H2,1,2,3,4). The lowest BCUT2D eigenvalue weighted by molar-refractivity contribution is 0.381. The maximum atomic E-state index is 8.74. The maximum absolute atomic E-state index is 8.74. The molecule has 9 heteroatoms. The van der Waals surface area contributed by atoms with Crippen LogP contribution < -0.4 is 0 Å². The van der Waals surface area contributed by atoms with Crippen LogP contribution in [-0.4, -0.2) is 17.5 Å². The first kappa shape index (κ1) is 20.3. The molecule has 0 aliphatic rings. The van der Waals surface area contributed by atoms with Crippen LogP contribution in [0.1, 0.15) is 11.1 Å². The van der Waals surface area contributed by atoms with Gasteiger partial charge in [-0.05, 0) is 43.2 Å². The lowest BCUT2D eigenvalue weighted by atomic mass is 10.2. The molecule has 2 aromatic rings. The van der Waals surface area contributed by atoms with E-state index >= 15 is 0 Å². The normalized spacial score (nSPS) is 10.2. The van der Waals surface area contributed by atoms with E-state index in [1.165, 1.54) is 5.56 Å². The minimum Gasteiger partial charge on any atom is -0.264 e. The van der Waals surface area contributed by atoms with Gasteiger partial charge in [0.2, 0.25) is 0 Å². The average Bonchev–Trinajstić information content (AvgIpc) is 2.47. The van der Waals surface area contributed by atoms with Crippen LogP contribution in [0.15, 0.2) is 58.8 Å². The third kappa shape index (κ3) is 10.7. The fourth-order valence-electron chi connectivity index (χ4n) is 1.48. The summed E-state index contributed by atoms with van der Waals surface area (Å²) in [6, 6.07) is 16.0. The molecule has 0 fully saturated rings. The molecule has 0 atom stereocenters. The Morgan fingerprint density at radius 1 is 0.913 bits per heavy atom. The lowest BCUT2D eigenvalue weighted by Gasteiger charge is -1.97. The second-order valence-electron chi connectivity index (χ2n) is 4.27. The van der Waals surface area contributed by atoms with Gasteiger partial charge in [-0.1, -0.05) is 30.3 Å². The predicted molar refractivity (Wildman–Crippen MR) is 84.2 cm³/mol. The minimum atomic E-state index is -4.67. The number of azo groups is 1. The number of benzene rings is 2. The maximum Gasteiger partial charge on any atom is 0.394 e. The van der Waals surface area contributed by atoms with Crippen molar-refractivity contribution >= 4 is 21.8 Å². The Labute approximate surface area is 134 Å². The van der Waals surface area contributed by atoms with Gasteiger partial charge >= 0.3 is 10.4 Å². The van der Waals surface area contributed by atoms with E-state index in [1.54, 1.807) is 0 Å². The lowest BCUT2D eigenvalue weighted by Crippen LogP contribution is -1.89. The van der Waals surface area contributed by atoms with Crippen LogP contribution in [0.4, 0.5) is 11.4 Å². The van der Waals surface area contributed by atoms with Gasteiger partial charge in [-0.15, -0.1) is 0 Å². The molecule has 0 heterocycles. The summed E-state index contributed by atoms with van der Waals surface area (Å²) in [4.78, 5) is 0. The molecule has 122 valence electrons. The van der Waals surface area contributed by atoms with E-state index in [4.69, 9.17) is 28.3 Å². The summed E-state index contributed by atoms with van der Waals surface area (Å²) in [6.45, 7) is 4.08. The Kier molecular flexibility index (Phi) is 8.95. The molecule has 0 spiro atoms. The zero-order chi connectivity index (χ0) is 17.9. The average molecular weight is 336 g/mol. The molecule has 8 nitrogen and oxygen atoms in total. The van der Waals surface area contributed by atoms with Crippen LogP contribution in [0.25, 0.3) is 0 Å². The van der Waals surface area contributed by atoms with Crippen LogP contribution in [0.2, 0.25) is 0 Å². The van der Waals surface area contributed by atoms with E-state index in [9.17, 15) is 0 Å². The third-order valence-corrected chi connectivity index (χ3v) is 2.39. The third-order valence-electron chi connectivity index (χ3n) is 2.39. The van der Waals surface area contributed by atoms with E-state index < -0.39 is 10.4 Å². The monoisotopic (exact) mass is 336 g/mol. The molecule has 0 saturated carbocycles. The number of hydrogen-bond acceptors (Lipinski definition) is 6.